The number of nitrogens with zero attached hydrogens (tertiary/aromatic N) is 1. The zero-order valence-electron chi connectivity index (χ0n) is 16.4. The fourth-order valence-corrected chi connectivity index (χ4v) is 2.65. The predicted molar refractivity (Wildman–Crippen MR) is 106 cm³/mol. The van der Waals surface area contributed by atoms with Crippen LogP contribution >= 0.6 is 0 Å². The van der Waals surface area contributed by atoms with Crippen LogP contribution in [0, 0.1) is 0 Å². The van der Waals surface area contributed by atoms with Gasteiger partial charge in [0.2, 0.25) is 5.91 Å². The monoisotopic (exact) mass is 385 g/mol. The van der Waals surface area contributed by atoms with E-state index in [0.717, 1.165) is 11.3 Å². The molecule has 0 heterocycles. The van der Waals surface area contributed by atoms with Crippen LogP contribution in [0.3, 0.4) is 0 Å². The third-order valence-electron chi connectivity index (χ3n) is 4.13. The molecule has 0 saturated carbocycles. The van der Waals surface area contributed by atoms with Gasteiger partial charge in [-0.25, -0.2) is 0 Å². The zero-order chi connectivity index (χ0) is 20.2. The molecule has 0 radical (unpaired) electrons. The Morgan fingerprint density at radius 2 is 1.61 bits per heavy atom. The van der Waals surface area contributed by atoms with Crippen molar-refractivity contribution in [3.63, 3.8) is 0 Å². The summed E-state index contributed by atoms with van der Waals surface area (Å²) < 4.78 is 15.8. The molecular formula is C22H27NO5. The van der Waals surface area contributed by atoms with Crippen molar-refractivity contribution in [1.29, 1.82) is 0 Å². The number of hydrogen-bond donors (Lipinski definition) is 0. The molecule has 0 aliphatic rings. The highest BCUT2D eigenvalue weighted by molar-refractivity contribution is 5.79. The van der Waals surface area contributed by atoms with Crippen LogP contribution in [0.4, 0.5) is 0 Å². The van der Waals surface area contributed by atoms with Crippen molar-refractivity contribution in [2.45, 2.75) is 19.8 Å². The molecule has 0 aromatic heterocycles. The summed E-state index contributed by atoms with van der Waals surface area (Å²) in [6.07, 6.45) is 0.448. The van der Waals surface area contributed by atoms with Crippen molar-refractivity contribution < 1.29 is 23.8 Å². The van der Waals surface area contributed by atoms with Crippen LogP contribution in [0.5, 0.6) is 11.5 Å². The van der Waals surface area contributed by atoms with Crippen LogP contribution < -0.4 is 9.47 Å². The van der Waals surface area contributed by atoms with Gasteiger partial charge in [-0.3, -0.25) is 9.59 Å². The molecule has 6 nitrogen and oxygen atoms in total. The van der Waals surface area contributed by atoms with E-state index in [1.54, 1.807) is 18.9 Å². The standard InChI is InChI=1S/C22H27NO5/c1-3-27-22(25)13-14-23(21(24)17-18-7-5-4-6-8-18)15-16-28-20-11-9-19(26-2)10-12-20/h4-12H,3,13-17H2,1-2H3. The minimum absolute atomic E-state index is 0.0474. The second-order valence-electron chi connectivity index (χ2n) is 6.12. The average Bonchev–Trinajstić information content (AvgIpc) is 2.72. The minimum atomic E-state index is -0.309. The van der Waals surface area contributed by atoms with Crippen molar-refractivity contribution in [2.75, 3.05) is 33.4 Å². The molecular weight excluding hydrogens is 358 g/mol. The Morgan fingerprint density at radius 3 is 2.25 bits per heavy atom. The van der Waals surface area contributed by atoms with Gasteiger partial charge in [-0.2, -0.15) is 0 Å². The number of methoxy groups -OCH3 is 1. The SMILES string of the molecule is CCOC(=O)CCN(CCOc1ccc(OC)cc1)C(=O)Cc1ccccc1. The van der Waals surface area contributed by atoms with Crippen molar-refractivity contribution in [1.82, 2.24) is 4.90 Å². The smallest absolute Gasteiger partial charge is 0.307 e. The van der Waals surface area contributed by atoms with Crippen LogP contribution in [-0.4, -0.2) is 50.2 Å². The first kappa shape index (κ1) is 21.3. The number of rotatable bonds is 11. The summed E-state index contributed by atoms with van der Waals surface area (Å²) in [5.74, 6) is 1.09. The zero-order valence-corrected chi connectivity index (χ0v) is 16.4. The molecule has 0 bridgehead atoms. The van der Waals surface area contributed by atoms with E-state index < -0.39 is 0 Å². The molecule has 0 N–H and O–H groups in total. The summed E-state index contributed by atoms with van der Waals surface area (Å²) in [5, 5.41) is 0. The lowest BCUT2D eigenvalue weighted by atomic mass is 10.1. The van der Waals surface area contributed by atoms with Gasteiger partial charge in [-0.1, -0.05) is 30.3 Å². The molecule has 0 aliphatic heterocycles. The minimum Gasteiger partial charge on any atom is -0.497 e. The van der Waals surface area contributed by atoms with Crippen molar-refractivity contribution in [3.05, 3.63) is 60.2 Å². The summed E-state index contributed by atoms with van der Waals surface area (Å²) in [5.41, 5.74) is 0.935. The van der Waals surface area contributed by atoms with Gasteiger partial charge < -0.3 is 19.1 Å². The maximum absolute atomic E-state index is 12.7. The average molecular weight is 385 g/mol. The van der Waals surface area contributed by atoms with Gasteiger partial charge in [0.15, 0.2) is 0 Å². The van der Waals surface area contributed by atoms with Crippen LogP contribution in [0.15, 0.2) is 54.6 Å². The van der Waals surface area contributed by atoms with Crippen molar-refractivity contribution in [2.24, 2.45) is 0 Å². The molecule has 6 heteroatoms. The number of ether oxygens (including phenoxy) is 3. The maximum atomic E-state index is 12.7. The van der Waals surface area contributed by atoms with Gasteiger partial charge in [0.1, 0.15) is 18.1 Å². The molecule has 0 fully saturated rings. The fourth-order valence-electron chi connectivity index (χ4n) is 2.65. The van der Waals surface area contributed by atoms with Gasteiger partial charge in [0.25, 0.3) is 0 Å². The Bertz CT molecular complexity index is 730. The second-order valence-corrected chi connectivity index (χ2v) is 6.12. The van der Waals surface area contributed by atoms with Gasteiger partial charge >= 0.3 is 5.97 Å². The first-order valence-electron chi connectivity index (χ1n) is 9.36. The first-order valence-corrected chi connectivity index (χ1v) is 9.36. The van der Waals surface area contributed by atoms with Crippen LogP contribution in [0.25, 0.3) is 0 Å². The van der Waals surface area contributed by atoms with Gasteiger partial charge in [-0.15, -0.1) is 0 Å². The van der Waals surface area contributed by atoms with Crippen LogP contribution in [0.2, 0.25) is 0 Å². The molecule has 2 aromatic carbocycles. The van der Waals surface area contributed by atoms with Crippen molar-refractivity contribution in [3.8, 4) is 11.5 Å². The number of carbonyl (C=O) groups excluding carboxylic acids is 2. The fraction of sp³-hybridized carbons (Fsp3) is 0.364. The quantitative estimate of drug-likeness (QED) is 0.556. The lowest BCUT2D eigenvalue weighted by molar-refractivity contribution is -0.144. The summed E-state index contributed by atoms with van der Waals surface area (Å²) in [4.78, 5) is 26.0. The Balaban J connectivity index is 1.91. The van der Waals surface area contributed by atoms with E-state index >= 15 is 0 Å². The molecule has 0 aliphatic carbocycles. The normalized spacial score (nSPS) is 10.2. The molecule has 28 heavy (non-hydrogen) atoms. The van der Waals surface area contributed by atoms with Gasteiger partial charge in [-0.05, 0) is 36.8 Å². The molecule has 0 saturated heterocycles. The number of carbonyl (C=O) groups is 2. The first-order chi connectivity index (χ1) is 13.6. The highest BCUT2D eigenvalue weighted by atomic mass is 16.5. The Morgan fingerprint density at radius 1 is 0.929 bits per heavy atom. The molecule has 0 spiro atoms. The summed E-state index contributed by atoms with van der Waals surface area (Å²) in [6.45, 7) is 3.11. The van der Waals surface area contributed by atoms with Crippen molar-refractivity contribution >= 4 is 11.9 Å². The number of esters is 1. The Kier molecular flexibility index (Phi) is 8.85. The predicted octanol–water partition coefficient (Wildman–Crippen LogP) is 3.10. The summed E-state index contributed by atoms with van der Waals surface area (Å²) in [6, 6.07) is 16.8. The topological polar surface area (TPSA) is 65.1 Å². The van der Waals surface area contributed by atoms with E-state index in [0.29, 0.717) is 32.1 Å². The molecule has 2 rings (SSSR count). The molecule has 150 valence electrons. The summed E-state index contributed by atoms with van der Waals surface area (Å²) in [7, 11) is 1.61. The lowest BCUT2D eigenvalue weighted by Gasteiger charge is -2.22. The largest absolute Gasteiger partial charge is 0.497 e. The van der Waals surface area contributed by atoms with Gasteiger partial charge in [0.05, 0.1) is 33.1 Å². The third-order valence-corrected chi connectivity index (χ3v) is 4.13. The number of hydrogen-bond acceptors (Lipinski definition) is 5. The molecule has 1 amide bonds. The molecule has 2 aromatic rings. The van der Waals surface area contributed by atoms with E-state index in [4.69, 9.17) is 14.2 Å². The van der Waals surface area contributed by atoms with E-state index in [9.17, 15) is 9.59 Å². The number of amides is 1. The lowest BCUT2D eigenvalue weighted by Crippen LogP contribution is -2.37. The van der Waals surface area contributed by atoms with E-state index in [-0.39, 0.29) is 24.7 Å². The molecule has 0 atom stereocenters. The van der Waals surface area contributed by atoms with Crippen LogP contribution in [-0.2, 0) is 20.7 Å². The Labute approximate surface area is 166 Å². The maximum Gasteiger partial charge on any atom is 0.307 e. The molecule has 0 unspecified atom stereocenters. The number of benzene rings is 2. The summed E-state index contributed by atoms with van der Waals surface area (Å²) >= 11 is 0. The Hall–Kier alpha value is -3.02. The highest BCUT2D eigenvalue weighted by Gasteiger charge is 2.16. The van der Waals surface area contributed by atoms with Gasteiger partial charge in [0, 0.05) is 6.54 Å². The van der Waals surface area contributed by atoms with E-state index in [1.165, 1.54) is 0 Å². The van der Waals surface area contributed by atoms with Crippen LogP contribution in [0.1, 0.15) is 18.9 Å². The third kappa shape index (κ3) is 7.31. The highest BCUT2D eigenvalue weighted by Crippen LogP contribution is 2.17. The second kappa shape index (κ2) is 11.6. The van der Waals surface area contributed by atoms with E-state index in [1.807, 2.05) is 54.6 Å². The van der Waals surface area contributed by atoms with E-state index in [2.05, 4.69) is 0 Å².